The molecule has 1 aromatic heterocycles. The molecule has 0 aliphatic carbocycles. The van der Waals surface area contributed by atoms with E-state index in [1.54, 1.807) is 52.2 Å². The Balaban J connectivity index is 2.77. The first-order valence-electron chi connectivity index (χ1n) is 7.64. The lowest BCUT2D eigenvalue weighted by atomic mass is 9.74. The maximum Gasteiger partial charge on any atom is 0.116 e. The van der Waals surface area contributed by atoms with Gasteiger partial charge in [0.25, 0.3) is 0 Å². The molecule has 0 saturated heterocycles. The fraction of sp³-hybridized carbons (Fsp3) is 0.368. The Bertz CT molecular complexity index is 780. The molecule has 0 saturated carbocycles. The van der Waals surface area contributed by atoms with Crippen molar-refractivity contribution in [2.24, 2.45) is 0 Å². The van der Waals surface area contributed by atoms with Crippen LogP contribution in [0.1, 0.15) is 49.9 Å². The lowest BCUT2D eigenvalue weighted by molar-refractivity contribution is 0.469. The number of phenols is 1. The molecular formula is C19H20N4O. The maximum absolute atomic E-state index is 10.2. The van der Waals surface area contributed by atoms with Gasteiger partial charge in [0, 0.05) is 18.8 Å². The lowest BCUT2D eigenvalue weighted by Crippen LogP contribution is -2.23. The summed E-state index contributed by atoms with van der Waals surface area (Å²) in [5.41, 5.74) is 1.57. The molecular weight excluding hydrogens is 300 g/mol. The number of aromatic hydroxyl groups is 1. The molecule has 1 N–H and O–H groups in total. The van der Waals surface area contributed by atoms with Crippen molar-refractivity contribution >= 4 is 0 Å². The average Bonchev–Trinajstić information content (AvgIpc) is 2.56. The predicted molar refractivity (Wildman–Crippen MR) is 90.2 cm³/mol. The highest BCUT2D eigenvalue weighted by Gasteiger charge is 2.31. The van der Waals surface area contributed by atoms with Crippen molar-refractivity contribution in [3.8, 4) is 17.9 Å². The lowest BCUT2D eigenvalue weighted by Gasteiger charge is -2.27. The summed E-state index contributed by atoms with van der Waals surface area (Å²) >= 11 is 0. The van der Waals surface area contributed by atoms with Crippen LogP contribution in [0.2, 0.25) is 0 Å². The smallest absolute Gasteiger partial charge is 0.116 e. The van der Waals surface area contributed by atoms with Crippen molar-refractivity contribution < 1.29 is 5.11 Å². The van der Waals surface area contributed by atoms with Crippen LogP contribution >= 0.6 is 0 Å². The summed E-state index contributed by atoms with van der Waals surface area (Å²) in [5.74, 6) is 0.0553. The van der Waals surface area contributed by atoms with E-state index >= 15 is 0 Å². The zero-order chi connectivity index (χ0) is 18.0. The van der Waals surface area contributed by atoms with E-state index in [9.17, 15) is 15.6 Å². The van der Waals surface area contributed by atoms with Crippen molar-refractivity contribution in [1.82, 2.24) is 9.97 Å². The van der Waals surface area contributed by atoms with Crippen molar-refractivity contribution in [2.75, 3.05) is 0 Å². The van der Waals surface area contributed by atoms with Crippen LogP contribution in [0.3, 0.4) is 0 Å². The van der Waals surface area contributed by atoms with Gasteiger partial charge in [-0.2, -0.15) is 10.5 Å². The van der Waals surface area contributed by atoms with E-state index < -0.39 is 10.8 Å². The third kappa shape index (κ3) is 3.36. The second-order valence-corrected chi connectivity index (χ2v) is 6.92. The Kier molecular flexibility index (Phi) is 4.57. The second-order valence-electron chi connectivity index (χ2n) is 6.92. The van der Waals surface area contributed by atoms with Gasteiger partial charge in [0.1, 0.15) is 12.1 Å². The third-order valence-electron chi connectivity index (χ3n) is 4.14. The van der Waals surface area contributed by atoms with Gasteiger partial charge in [0.2, 0.25) is 0 Å². The first-order chi connectivity index (χ1) is 11.2. The van der Waals surface area contributed by atoms with Crippen LogP contribution in [-0.4, -0.2) is 15.1 Å². The number of benzene rings is 1. The van der Waals surface area contributed by atoms with Crippen molar-refractivity contribution in [3.63, 3.8) is 0 Å². The fourth-order valence-corrected chi connectivity index (χ4v) is 2.71. The highest BCUT2D eigenvalue weighted by molar-refractivity contribution is 5.53. The Morgan fingerprint density at radius 1 is 0.958 bits per heavy atom. The summed E-state index contributed by atoms with van der Waals surface area (Å²) in [5, 5.41) is 29.3. The molecule has 5 nitrogen and oxygen atoms in total. The van der Waals surface area contributed by atoms with Gasteiger partial charge in [0.15, 0.2) is 0 Å². The summed E-state index contributed by atoms with van der Waals surface area (Å²) in [7, 11) is 0. The number of aromatic nitrogens is 2. The maximum atomic E-state index is 10.2. The average molecular weight is 320 g/mol. The van der Waals surface area contributed by atoms with Crippen LogP contribution in [0.25, 0.3) is 0 Å². The van der Waals surface area contributed by atoms with Gasteiger partial charge in [-0.15, -0.1) is 0 Å². The van der Waals surface area contributed by atoms with E-state index in [1.165, 1.54) is 6.33 Å². The van der Waals surface area contributed by atoms with Gasteiger partial charge < -0.3 is 5.11 Å². The molecule has 0 aliphatic rings. The van der Waals surface area contributed by atoms with E-state index in [4.69, 9.17) is 0 Å². The van der Waals surface area contributed by atoms with E-state index in [1.807, 2.05) is 0 Å². The van der Waals surface area contributed by atoms with Gasteiger partial charge in [0.05, 0.1) is 23.0 Å². The Morgan fingerprint density at radius 2 is 1.42 bits per heavy atom. The number of hydrogen-bond donors (Lipinski definition) is 1. The van der Waals surface area contributed by atoms with Gasteiger partial charge in [-0.25, -0.2) is 9.97 Å². The molecule has 1 aromatic carbocycles. The molecule has 0 aliphatic heterocycles. The van der Waals surface area contributed by atoms with Gasteiger partial charge >= 0.3 is 0 Å². The standard InChI is InChI=1S/C19H20N4O/c1-18(2,10-20)16-6-14(24)7-17(19(3,4)11-21)15(16)5-13-8-22-12-23-9-13/h6-9,12,24H,5H2,1-4H3. The summed E-state index contributed by atoms with van der Waals surface area (Å²) in [6, 6.07) is 7.79. The van der Waals surface area contributed by atoms with Gasteiger partial charge in [-0.05, 0) is 62.1 Å². The van der Waals surface area contributed by atoms with E-state index in [0.29, 0.717) is 17.5 Å². The number of nitrogens with zero attached hydrogens (tertiary/aromatic N) is 4. The summed E-state index contributed by atoms with van der Waals surface area (Å²) in [4.78, 5) is 8.06. The molecule has 0 bridgehead atoms. The molecule has 0 unspecified atom stereocenters. The minimum absolute atomic E-state index is 0.0553. The van der Waals surface area contributed by atoms with Crippen LogP contribution < -0.4 is 0 Å². The largest absolute Gasteiger partial charge is 0.508 e. The molecule has 2 aromatic rings. The van der Waals surface area contributed by atoms with Crippen molar-refractivity contribution in [1.29, 1.82) is 10.5 Å². The van der Waals surface area contributed by atoms with Crippen molar-refractivity contribution in [2.45, 2.75) is 44.9 Å². The minimum atomic E-state index is -0.802. The highest BCUT2D eigenvalue weighted by atomic mass is 16.3. The molecule has 5 heteroatoms. The molecule has 0 radical (unpaired) electrons. The predicted octanol–water partition coefficient (Wildman–Crippen LogP) is 3.38. The van der Waals surface area contributed by atoms with Crippen molar-refractivity contribution in [3.05, 3.63) is 53.1 Å². The monoisotopic (exact) mass is 320 g/mol. The highest BCUT2D eigenvalue weighted by Crippen LogP contribution is 2.38. The van der Waals surface area contributed by atoms with Crippen LogP contribution in [0.15, 0.2) is 30.9 Å². The molecule has 24 heavy (non-hydrogen) atoms. The van der Waals surface area contributed by atoms with Gasteiger partial charge in [-0.1, -0.05) is 0 Å². The number of phenolic OH excluding ortho intramolecular Hbond substituents is 1. The third-order valence-corrected chi connectivity index (χ3v) is 4.14. The van der Waals surface area contributed by atoms with Crippen LogP contribution in [0, 0.1) is 22.7 Å². The number of hydrogen-bond acceptors (Lipinski definition) is 5. The molecule has 122 valence electrons. The minimum Gasteiger partial charge on any atom is -0.508 e. The molecule has 2 rings (SSSR count). The Hall–Kier alpha value is -2.92. The Labute approximate surface area is 142 Å². The number of nitriles is 2. The topological polar surface area (TPSA) is 93.6 Å². The summed E-state index contributed by atoms with van der Waals surface area (Å²) < 4.78 is 0. The van der Waals surface area contributed by atoms with E-state index in [0.717, 1.165) is 11.1 Å². The van der Waals surface area contributed by atoms with Crippen LogP contribution in [-0.2, 0) is 17.3 Å². The number of rotatable bonds is 4. The first-order valence-corrected chi connectivity index (χ1v) is 7.64. The fourth-order valence-electron chi connectivity index (χ4n) is 2.71. The van der Waals surface area contributed by atoms with E-state index in [-0.39, 0.29) is 5.75 Å². The van der Waals surface area contributed by atoms with Crippen LogP contribution in [0.4, 0.5) is 0 Å². The van der Waals surface area contributed by atoms with Crippen LogP contribution in [0.5, 0.6) is 5.75 Å². The molecule has 0 fully saturated rings. The second kappa shape index (κ2) is 6.29. The quantitative estimate of drug-likeness (QED) is 0.932. The SMILES string of the molecule is CC(C)(C#N)c1cc(O)cc(C(C)(C)C#N)c1Cc1cncnc1. The molecule has 0 atom stereocenters. The summed E-state index contributed by atoms with van der Waals surface area (Å²) in [6.45, 7) is 7.21. The zero-order valence-electron chi connectivity index (χ0n) is 14.3. The zero-order valence-corrected chi connectivity index (χ0v) is 14.3. The molecule has 1 heterocycles. The summed E-state index contributed by atoms with van der Waals surface area (Å²) in [6.07, 6.45) is 5.38. The van der Waals surface area contributed by atoms with E-state index in [2.05, 4.69) is 22.1 Å². The molecule has 0 spiro atoms. The molecule has 0 amide bonds. The van der Waals surface area contributed by atoms with Gasteiger partial charge in [-0.3, -0.25) is 0 Å². The normalized spacial score (nSPS) is 11.6. The first kappa shape index (κ1) is 17.4. The Morgan fingerprint density at radius 3 is 1.83 bits per heavy atom.